The lowest BCUT2D eigenvalue weighted by Gasteiger charge is -2.10. The number of nitrogens with one attached hydrogen (secondary N) is 2. The zero-order chi connectivity index (χ0) is 12.1. The summed E-state index contributed by atoms with van der Waals surface area (Å²) >= 11 is 0. The van der Waals surface area contributed by atoms with Crippen LogP contribution in [0, 0.1) is 6.92 Å². The summed E-state index contributed by atoms with van der Waals surface area (Å²) in [4.78, 5) is 7.03. The number of imidazole rings is 1. The van der Waals surface area contributed by atoms with E-state index in [4.69, 9.17) is 4.74 Å². The van der Waals surface area contributed by atoms with Gasteiger partial charge in [0.25, 0.3) is 0 Å². The summed E-state index contributed by atoms with van der Waals surface area (Å²) in [5.74, 6) is 0.924. The number of ether oxygens (including phenoxy) is 1. The van der Waals surface area contributed by atoms with Crippen LogP contribution in [-0.4, -0.2) is 17.1 Å². The molecule has 0 amide bonds. The Labute approximate surface area is 101 Å². The number of aromatic amines is 1. The van der Waals surface area contributed by atoms with Crippen molar-refractivity contribution in [3.63, 3.8) is 0 Å². The lowest BCUT2D eigenvalue weighted by molar-refractivity contribution is 0.407. The molecule has 0 spiro atoms. The summed E-state index contributed by atoms with van der Waals surface area (Å²) in [7, 11) is 1.70. The highest BCUT2D eigenvalue weighted by Gasteiger charge is 2.02. The van der Waals surface area contributed by atoms with Gasteiger partial charge in [0.15, 0.2) is 0 Å². The molecule has 2 rings (SSSR count). The molecule has 0 aliphatic rings. The number of hydrogen-bond donors (Lipinski definition) is 2. The SMILES string of the molecule is COc1ccc(C)cc1CNCc1cnc[nH]1. The van der Waals surface area contributed by atoms with Crippen molar-refractivity contribution in [1.82, 2.24) is 15.3 Å². The van der Waals surface area contributed by atoms with Crippen molar-refractivity contribution in [2.24, 2.45) is 0 Å². The van der Waals surface area contributed by atoms with Gasteiger partial charge in [-0.3, -0.25) is 0 Å². The number of rotatable bonds is 5. The normalized spacial score (nSPS) is 10.5. The average molecular weight is 231 g/mol. The zero-order valence-corrected chi connectivity index (χ0v) is 10.2. The Morgan fingerprint density at radius 1 is 1.35 bits per heavy atom. The molecular formula is C13H17N3O. The highest BCUT2D eigenvalue weighted by Crippen LogP contribution is 2.19. The predicted molar refractivity (Wildman–Crippen MR) is 66.9 cm³/mol. The van der Waals surface area contributed by atoms with Crippen LogP contribution in [0.25, 0.3) is 0 Å². The minimum Gasteiger partial charge on any atom is -0.496 e. The molecule has 17 heavy (non-hydrogen) atoms. The molecule has 0 atom stereocenters. The maximum absolute atomic E-state index is 5.33. The molecule has 4 nitrogen and oxygen atoms in total. The summed E-state index contributed by atoms with van der Waals surface area (Å²) in [5, 5.41) is 3.35. The summed E-state index contributed by atoms with van der Waals surface area (Å²) in [6, 6.07) is 6.19. The first-order valence-corrected chi connectivity index (χ1v) is 5.61. The number of H-pyrrole nitrogens is 1. The van der Waals surface area contributed by atoms with Crippen LogP contribution < -0.4 is 10.1 Å². The molecule has 0 fully saturated rings. The summed E-state index contributed by atoms with van der Waals surface area (Å²) in [6.45, 7) is 3.64. The van der Waals surface area contributed by atoms with Crippen LogP contribution in [-0.2, 0) is 13.1 Å². The Balaban J connectivity index is 1.96. The quantitative estimate of drug-likeness (QED) is 0.827. The van der Waals surface area contributed by atoms with Crippen molar-refractivity contribution in [2.45, 2.75) is 20.0 Å². The molecule has 0 unspecified atom stereocenters. The molecule has 0 saturated heterocycles. The Hall–Kier alpha value is -1.81. The third-order valence-corrected chi connectivity index (χ3v) is 2.62. The van der Waals surface area contributed by atoms with Crippen molar-refractivity contribution < 1.29 is 4.74 Å². The van der Waals surface area contributed by atoms with E-state index < -0.39 is 0 Å². The Kier molecular flexibility index (Phi) is 3.77. The van der Waals surface area contributed by atoms with Gasteiger partial charge in [0.1, 0.15) is 5.75 Å². The van der Waals surface area contributed by atoms with E-state index in [1.807, 2.05) is 12.3 Å². The van der Waals surface area contributed by atoms with Crippen molar-refractivity contribution >= 4 is 0 Å². The van der Waals surface area contributed by atoms with Gasteiger partial charge in [-0.15, -0.1) is 0 Å². The Bertz CT molecular complexity index is 466. The standard InChI is InChI=1S/C13H17N3O/c1-10-3-4-13(17-2)11(5-10)6-14-7-12-8-15-9-16-12/h3-5,8-9,14H,6-7H2,1-2H3,(H,15,16). The number of nitrogens with zero attached hydrogens (tertiary/aromatic N) is 1. The second kappa shape index (κ2) is 5.50. The molecule has 1 aromatic heterocycles. The smallest absolute Gasteiger partial charge is 0.123 e. The average Bonchev–Trinajstić information content (AvgIpc) is 2.82. The number of hydrogen-bond acceptors (Lipinski definition) is 3. The fourth-order valence-corrected chi connectivity index (χ4v) is 1.76. The second-order valence-corrected chi connectivity index (χ2v) is 4.00. The van der Waals surface area contributed by atoms with E-state index in [-0.39, 0.29) is 0 Å². The van der Waals surface area contributed by atoms with Crippen LogP contribution in [0.1, 0.15) is 16.8 Å². The number of methoxy groups -OCH3 is 1. The van der Waals surface area contributed by atoms with Crippen molar-refractivity contribution in [2.75, 3.05) is 7.11 Å². The molecule has 0 saturated carbocycles. The molecule has 1 aromatic carbocycles. The number of aryl methyl sites for hydroxylation is 1. The highest BCUT2D eigenvalue weighted by atomic mass is 16.5. The topological polar surface area (TPSA) is 49.9 Å². The molecule has 1 heterocycles. The molecule has 0 aliphatic carbocycles. The molecular weight excluding hydrogens is 214 g/mol. The van der Waals surface area contributed by atoms with Gasteiger partial charge in [0.05, 0.1) is 13.4 Å². The molecule has 2 aromatic rings. The fourth-order valence-electron chi connectivity index (χ4n) is 1.76. The maximum atomic E-state index is 5.33. The number of benzene rings is 1. The monoisotopic (exact) mass is 231 g/mol. The first kappa shape index (κ1) is 11.7. The van der Waals surface area contributed by atoms with Gasteiger partial charge in [-0.25, -0.2) is 4.98 Å². The zero-order valence-electron chi connectivity index (χ0n) is 10.2. The van der Waals surface area contributed by atoms with E-state index in [1.165, 1.54) is 11.1 Å². The summed E-state index contributed by atoms with van der Waals surface area (Å²) < 4.78 is 5.33. The first-order chi connectivity index (χ1) is 8.29. The highest BCUT2D eigenvalue weighted by molar-refractivity contribution is 5.36. The van der Waals surface area contributed by atoms with Crippen molar-refractivity contribution in [3.05, 3.63) is 47.5 Å². The second-order valence-electron chi connectivity index (χ2n) is 4.00. The predicted octanol–water partition coefficient (Wildman–Crippen LogP) is 2.02. The lowest BCUT2D eigenvalue weighted by atomic mass is 10.1. The van der Waals surface area contributed by atoms with Gasteiger partial charge in [0, 0.05) is 30.5 Å². The third-order valence-electron chi connectivity index (χ3n) is 2.62. The summed E-state index contributed by atoms with van der Waals surface area (Å²) in [5.41, 5.74) is 3.49. The van der Waals surface area contributed by atoms with Crippen LogP contribution >= 0.6 is 0 Å². The Morgan fingerprint density at radius 2 is 2.24 bits per heavy atom. The van der Waals surface area contributed by atoms with Gasteiger partial charge in [-0.1, -0.05) is 17.7 Å². The third kappa shape index (κ3) is 3.07. The van der Waals surface area contributed by atoms with Gasteiger partial charge >= 0.3 is 0 Å². The van der Waals surface area contributed by atoms with E-state index in [9.17, 15) is 0 Å². The minimum atomic E-state index is 0.775. The lowest BCUT2D eigenvalue weighted by Crippen LogP contribution is -2.13. The van der Waals surface area contributed by atoms with Gasteiger partial charge < -0.3 is 15.0 Å². The van der Waals surface area contributed by atoms with Crippen LogP contribution in [0.15, 0.2) is 30.7 Å². The molecule has 0 radical (unpaired) electrons. The van der Waals surface area contributed by atoms with Crippen molar-refractivity contribution in [3.8, 4) is 5.75 Å². The Morgan fingerprint density at radius 3 is 2.94 bits per heavy atom. The van der Waals surface area contributed by atoms with E-state index in [0.717, 1.165) is 24.5 Å². The molecule has 90 valence electrons. The molecule has 2 N–H and O–H groups in total. The van der Waals surface area contributed by atoms with Crippen molar-refractivity contribution in [1.29, 1.82) is 0 Å². The van der Waals surface area contributed by atoms with Gasteiger partial charge in [0.2, 0.25) is 0 Å². The summed E-state index contributed by atoms with van der Waals surface area (Å²) in [6.07, 6.45) is 3.50. The molecule has 0 aliphatic heterocycles. The van der Waals surface area contributed by atoms with Crippen LogP contribution in [0.2, 0.25) is 0 Å². The van der Waals surface area contributed by atoms with Gasteiger partial charge in [-0.2, -0.15) is 0 Å². The first-order valence-electron chi connectivity index (χ1n) is 5.61. The minimum absolute atomic E-state index is 0.775. The van der Waals surface area contributed by atoms with Crippen LogP contribution in [0.5, 0.6) is 5.75 Å². The number of aromatic nitrogens is 2. The van der Waals surface area contributed by atoms with E-state index in [2.05, 4.69) is 34.3 Å². The van der Waals surface area contributed by atoms with Crippen LogP contribution in [0.3, 0.4) is 0 Å². The van der Waals surface area contributed by atoms with Gasteiger partial charge in [-0.05, 0) is 13.0 Å². The molecule has 0 bridgehead atoms. The molecule has 4 heteroatoms. The largest absolute Gasteiger partial charge is 0.496 e. The van der Waals surface area contributed by atoms with E-state index in [1.54, 1.807) is 13.4 Å². The van der Waals surface area contributed by atoms with E-state index in [0.29, 0.717) is 0 Å². The maximum Gasteiger partial charge on any atom is 0.123 e. The van der Waals surface area contributed by atoms with E-state index >= 15 is 0 Å². The van der Waals surface area contributed by atoms with Crippen LogP contribution in [0.4, 0.5) is 0 Å². The fraction of sp³-hybridized carbons (Fsp3) is 0.308.